The van der Waals surface area contributed by atoms with E-state index in [1.807, 2.05) is 49.5 Å². The molecule has 1 fully saturated rings. The second-order valence-corrected chi connectivity index (χ2v) is 8.07. The first-order valence-corrected chi connectivity index (χ1v) is 11.0. The molecule has 5 nitrogen and oxygen atoms in total. The van der Waals surface area contributed by atoms with Crippen molar-refractivity contribution >= 4 is 34.1 Å². The summed E-state index contributed by atoms with van der Waals surface area (Å²) in [7, 11) is 0. The number of unbranched alkanes of at least 4 members (excludes halogenated alkanes) is 1. The second kappa shape index (κ2) is 10.4. The van der Waals surface area contributed by atoms with Gasteiger partial charge in [-0.15, -0.1) is 0 Å². The number of amides is 2. The number of likely N-dealkylation sites (tertiary alicyclic amines) is 1. The van der Waals surface area contributed by atoms with Gasteiger partial charge in [-0.25, -0.2) is 0 Å². The maximum absolute atomic E-state index is 12.8. The number of hydrogen-bond donors (Lipinski definition) is 1. The minimum absolute atomic E-state index is 0.182. The maximum atomic E-state index is 12.8. The summed E-state index contributed by atoms with van der Waals surface area (Å²) < 4.78 is 0. The average molecular weight is 438 g/mol. The summed E-state index contributed by atoms with van der Waals surface area (Å²) >= 11 is 6.50. The van der Waals surface area contributed by atoms with Crippen LogP contribution in [0.15, 0.2) is 55.3 Å². The summed E-state index contributed by atoms with van der Waals surface area (Å²) in [5, 5.41) is 3.65. The molecular formula is C25H28ClN3O2. The molecule has 3 rings (SSSR count). The molecule has 1 N–H and O–H groups in total. The molecule has 0 radical (unpaired) electrons. The summed E-state index contributed by atoms with van der Waals surface area (Å²) in [6, 6.07) is 9.17. The van der Waals surface area contributed by atoms with Gasteiger partial charge in [-0.3, -0.25) is 14.6 Å². The van der Waals surface area contributed by atoms with Crippen LogP contribution < -0.4 is 5.32 Å². The fraction of sp³-hybridized carbons (Fsp3) is 0.320. The molecule has 0 spiro atoms. The highest BCUT2D eigenvalue weighted by atomic mass is 35.5. The van der Waals surface area contributed by atoms with Crippen molar-refractivity contribution in [1.29, 1.82) is 0 Å². The Morgan fingerprint density at radius 2 is 2.13 bits per heavy atom. The molecule has 2 aromatic rings. The monoisotopic (exact) mass is 437 g/mol. The standard InChI is InChI=1S/C25H28ClN3O2/c1-4-6-11-22(26)21-15-19(16-27-17(21)3)18-9-7-10-20(14-18)28-25(31)23-12-8-13-29(23)24(30)5-2/h5,7,9-11,14-16,23H,2,4,6,8,12-13H2,1,3H3,(H,28,31)/b22-11+. The number of carbonyl (C=O) groups excluding carboxylic acids is 2. The fourth-order valence-corrected chi connectivity index (χ4v) is 4.04. The van der Waals surface area contributed by atoms with Crippen LogP contribution in [0.3, 0.4) is 0 Å². The van der Waals surface area contributed by atoms with E-state index in [4.69, 9.17) is 11.6 Å². The molecule has 0 bridgehead atoms. The zero-order valence-electron chi connectivity index (χ0n) is 18.0. The van der Waals surface area contributed by atoms with Gasteiger partial charge in [0.15, 0.2) is 0 Å². The lowest BCUT2D eigenvalue weighted by atomic mass is 10.0. The number of hydrogen-bond acceptors (Lipinski definition) is 3. The number of carbonyl (C=O) groups is 2. The van der Waals surface area contributed by atoms with Gasteiger partial charge in [0.25, 0.3) is 0 Å². The number of nitrogens with zero attached hydrogens (tertiary/aromatic N) is 2. The molecule has 0 aliphatic carbocycles. The van der Waals surface area contributed by atoms with E-state index in [1.165, 1.54) is 6.08 Å². The smallest absolute Gasteiger partial charge is 0.247 e. The fourth-order valence-electron chi connectivity index (χ4n) is 3.74. The van der Waals surface area contributed by atoms with Crippen molar-refractivity contribution in [3.63, 3.8) is 0 Å². The number of rotatable bonds is 7. The molecule has 1 aliphatic rings. The van der Waals surface area contributed by atoms with Gasteiger partial charge in [0.2, 0.25) is 11.8 Å². The van der Waals surface area contributed by atoms with Crippen molar-refractivity contribution in [2.45, 2.75) is 45.6 Å². The highest BCUT2D eigenvalue weighted by molar-refractivity contribution is 6.48. The molecule has 1 aromatic heterocycles. The highest BCUT2D eigenvalue weighted by Crippen LogP contribution is 2.29. The van der Waals surface area contributed by atoms with Crippen molar-refractivity contribution in [2.75, 3.05) is 11.9 Å². The lowest BCUT2D eigenvalue weighted by Gasteiger charge is -2.22. The molecule has 1 aliphatic heterocycles. The number of halogens is 1. The lowest BCUT2D eigenvalue weighted by Crippen LogP contribution is -2.42. The molecule has 31 heavy (non-hydrogen) atoms. The van der Waals surface area contributed by atoms with Crippen LogP contribution in [0.4, 0.5) is 5.69 Å². The van der Waals surface area contributed by atoms with E-state index in [0.29, 0.717) is 23.7 Å². The van der Waals surface area contributed by atoms with E-state index >= 15 is 0 Å². The van der Waals surface area contributed by atoms with Crippen LogP contribution in [0.2, 0.25) is 0 Å². The molecule has 2 heterocycles. The van der Waals surface area contributed by atoms with Gasteiger partial charge in [0.1, 0.15) is 6.04 Å². The van der Waals surface area contributed by atoms with E-state index in [0.717, 1.165) is 41.6 Å². The van der Waals surface area contributed by atoms with Gasteiger partial charge in [0.05, 0.1) is 0 Å². The molecule has 6 heteroatoms. The number of aromatic nitrogens is 1. The van der Waals surface area contributed by atoms with Crippen molar-refractivity contribution in [3.8, 4) is 11.1 Å². The predicted molar refractivity (Wildman–Crippen MR) is 127 cm³/mol. The Morgan fingerprint density at radius 3 is 2.87 bits per heavy atom. The third kappa shape index (κ3) is 5.42. The van der Waals surface area contributed by atoms with Crippen molar-refractivity contribution in [3.05, 3.63) is 66.5 Å². The molecule has 1 saturated heterocycles. The van der Waals surface area contributed by atoms with E-state index in [2.05, 4.69) is 23.8 Å². The highest BCUT2D eigenvalue weighted by Gasteiger charge is 2.32. The van der Waals surface area contributed by atoms with Gasteiger partial charge in [0, 0.05) is 40.3 Å². The first-order valence-electron chi connectivity index (χ1n) is 10.6. The van der Waals surface area contributed by atoms with Crippen LogP contribution in [-0.4, -0.2) is 34.3 Å². The molecule has 162 valence electrons. The molecule has 0 saturated carbocycles. The number of aryl methyl sites for hydroxylation is 1. The van der Waals surface area contributed by atoms with Gasteiger partial charge < -0.3 is 10.2 Å². The molecular weight excluding hydrogens is 410 g/mol. The Labute approximate surface area is 188 Å². The second-order valence-electron chi connectivity index (χ2n) is 7.66. The number of anilines is 1. The topological polar surface area (TPSA) is 62.3 Å². The first-order chi connectivity index (χ1) is 14.9. The number of pyridine rings is 1. The van der Waals surface area contributed by atoms with E-state index in [1.54, 1.807) is 4.90 Å². The van der Waals surface area contributed by atoms with Crippen molar-refractivity contribution in [1.82, 2.24) is 9.88 Å². The average Bonchev–Trinajstić information content (AvgIpc) is 3.27. The first kappa shape index (κ1) is 22.8. The van der Waals surface area contributed by atoms with Gasteiger partial charge in [-0.05, 0) is 56.0 Å². The Hall–Kier alpha value is -2.92. The number of allylic oxidation sites excluding steroid dienone is 1. The number of nitrogens with one attached hydrogen (secondary N) is 1. The summed E-state index contributed by atoms with van der Waals surface area (Å²) in [6.07, 6.45) is 8.49. The SMILES string of the molecule is C=CC(=O)N1CCCC1C(=O)Nc1cccc(-c2cnc(C)c(/C(Cl)=C\CCC)c2)c1. The Balaban J connectivity index is 1.81. The summed E-state index contributed by atoms with van der Waals surface area (Å²) in [5.41, 5.74) is 4.31. The minimum Gasteiger partial charge on any atom is -0.327 e. The van der Waals surface area contributed by atoms with Crippen LogP contribution in [0, 0.1) is 6.92 Å². The van der Waals surface area contributed by atoms with Gasteiger partial charge in [-0.2, -0.15) is 0 Å². The third-order valence-corrected chi connectivity index (χ3v) is 5.79. The summed E-state index contributed by atoms with van der Waals surface area (Å²) in [6.45, 7) is 8.16. The van der Waals surface area contributed by atoms with Crippen LogP contribution in [0.1, 0.15) is 43.9 Å². The predicted octanol–water partition coefficient (Wildman–Crippen LogP) is 5.55. The van der Waals surface area contributed by atoms with Crippen molar-refractivity contribution < 1.29 is 9.59 Å². The van der Waals surface area contributed by atoms with Crippen molar-refractivity contribution in [2.24, 2.45) is 0 Å². The Bertz CT molecular complexity index is 1020. The molecule has 1 aromatic carbocycles. The third-order valence-electron chi connectivity index (χ3n) is 5.43. The molecule has 1 unspecified atom stereocenters. The van der Waals surface area contributed by atoms with Crippen LogP contribution in [-0.2, 0) is 9.59 Å². The van der Waals surface area contributed by atoms with Gasteiger partial charge in [-0.1, -0.05) is 49.7 Å². The van der Waals surface area contributed by atoms with Gasteiger partial charge >= 0.3 is 0 Å². The van der Waals surface area contributed by atoms with E-state index < -0.39 is 6.04 Å². The van der Waals surface area contributed by atoms with Crippen LogP contribution >= 0.6 is 11.6 Å². The minimum atomic E-state index is -0.468. The Morgan fingerprint density at radius 1 is 1.32 bits per heavy atom. The largest absolute Gasteiger partial charge is 0.327 e. The molecule has 2 amide bonds. The lowest BCUT2D eigenvalue weighted by molar-refractivity contribution is -0.132. The zero-order chi connectivity index (χ0) is 22.4. The quantitative estimate of drug-likeness (QED) is 0.577. The summed E-state index contributed by atoms with van der Waals surface area (Å²) in [5.74, 6) is -0.393. The molecule has 1 atom stereocenters. The Kier molecular flexibility index (Phi) is 7.64. The van der Waals surface area contributed by atoms with E-state index in [9.17, 15) is 9.59 Å². The number of benzene rings is 1. The van der Waals surface area contributed by atoms with E-state index in [-0.39, 0.29) is 11.8 Å². The van der Waals surface area contributed by atoms with Crippen LogP contribution in [0.25, 0.3) is 16.2 Å². The van der Waals surface area contributed by atoms with Crippen LogP contribution in [0.5, 0.6) is 0 Å². The maximum Gasteiger partial charge on any atom is 0.247 e. The summed E-state index contributed by atoms with van der Waals surface area (Å²) in [4.78, 5) is 30.9. The normalized spacial score (nSPS) is 16.3. The zero-order valence-corrected chi connectivity index (χ0v) is 18.8.